The molecule has 0 spiro atoms. The summed E-state index contributed by atoms with van der Waals surface area (Å²) in [6.45, 7) is 0. The number of amidine groups is 1. The fraction of sp³-hybridized carbons (Fsp3) is 0.111. The number of ketones is 1. The Kier molecular flexibility index (Phi) is 3.64. The lowest BCUT2D eigenvalue weighted by atomic mass is 10.1. The first-order valence-corrected chi connectivity index (χ1v) is 4.84. The van der Waals surface area contributed by atoms with Crippen molar-refractivity contribution in [3.63, 3.8) is 0 Å². The van der Waals surface area contributed by atoms with Crippen LogP contribution in [0.1, 0.15) is 10.4 Å². The first-order valence-electron chi connectivity index (χ1n) is 3.85. The third kappa shape index (κ3) is 3.18. The number of nitrogens with two attached hydrogens (primary N) is 1. The molecule has 0 amide bonds. The van der Waals surface area contributed by atoms with Crippen LogP contribution >= 0.6 is 11.8 Å². The van der Waals surface area contributed by atoms with Gasteiger partial charge in [0.2, 0.25) is 0 Å². The molecule has 0 aromatic heterocycles. The van der Waals surface area contributed by atoms with Gasteiger partial charge < -0.3 is 5.73 Å². The van der Waals surface area contributed by atoms with Crippen LogP contribution < -0.4 is 5.73 Å². The van der Waals surface area contributed by atoms with E-state index in [0.717, 1.165) is 11.8 Å². The summed E-state index contributed by atoms with van der Waals surface area (Å²) in [4.78, 5) is 11.4. The smallest absolute Gasteiger partial charge is 0.173 e. The summed E-state index contributed by atoms with van der Waals surface area (Å²) in [6, 6.07) is 5.29. The van der Waals surface area contributed by atoms with Gasteiger partial charge in [0, 0.05) is 5.56 Å². The Morgan fingerprint density at radius 3 is 2.50 bits per heavy atom. The first-order chi connectivity index (χ1) is 6.59. The first kappa shape index (κ1) is 10.7. The highest BCUT2D eigenvalue weighted by molar-refractivity contribution is 8.14. The second-order valence-corrected chi connectivity index (χ2v) is 3.60. The van der Waals surface area contributed by atoms with Gasteiger partial charge in [-0.15, -0.1) is 0 Å². The third-order valence-electron chi connectivity index (χ3n) is 1.52. The van der Waals surface area contributed by atoms with Gasteiger partial charge in [0.1, 0.15) is 5.82 Å². The molecule has 0 aliphatic carbocycles. The Balaban J connectivity index is 2.61. The van der Waals surface area contributed by atoms with Crippen molar-refractivity contribution in [2.24, 2.45) is 5.73 Å². The number of hydrogen-bond acceptors (Lipinski definition) is 3. The van der Waals surface area contributed by atoms with Crippen LogP contribution in [0.4, 0.5) is 4.39 Å². The lowest BCUT2D eigenvalue weighted by Crippen LogP contribution is -2.10. The predicted molar refractivity (Wildman–Crippen MR) is 55.1 cm³/mol. The summed E-state index contributed by atoms with van der Waals surface area (Å²) in [5.74, 6) is -0.424. The van der Waals surface area contributed by atoms with Gasteiger partial charge in [0.05, 0.1) is 5.75 Å². The van der Waals surface area contributed by atoms with E-state index in [-0.39, 0.29) is 22.5 Å². The molecule has 0 unspecified atom stereocenters. The summed E-state index contributed by atoms with van der Waals surface area (Å²) in [5, 5.41) is 6.82. The van der Waals surface area contributed by atoms with Gasteiger partial charge >= 0.3 is 0 Å². The van der Waals surface area contributed by atoms with E-state index in [0.29, 0.717) is 5.56 Å². The molecule has 0 aliphatic rings. The fourth-order valence-corrected chi connectivity index (χ4v) is 1.32. The topological polar surface area (TPSA) is 66.9 Å². The highest BCUT2D eigenvalue weighted by Crippen LogP contribution is 2.07. The van der Waals surface area contributed by atoms with Crippen LogP contribution in [0.5, 0.6) is 0 Å². The Hall–Kier alpha value is -1.36. The highest BCUT2D eigenvalue weighted by atomic mass is 32.2. The molecule has 5 heteroatoms. The zero-order valence-electron chi connectivity index (χ0n) is 7.29. The van der Waals surface area contributed by atoms with Gasteiger partial charge in [-0.25, -0.2) is 4.39 Å². The SMILES string of the molecule is N=C(N)SCC(=O)c1ccc(F)cc1. The van der Waals surface area contributed by atoms with Crippen LogP contribution in [-0.4, -0.2) is 16.7 Å². The Morgan fingerprint density at radius 1 is 1.43 bits per heavy atom. The van der Waals surface area contributed by atoms with Crippen molar-refractivity contribution in [3.05, 3.63) is 35.6 Å². The number of rotatable bonds is 3. The van der Waals surface area contributed by atoms with Crippen molar-refractivity contribution in [2.45, 2.75) is 0 Å². The molecular formula is C9H9FN2OS. The van der Waals surface area contributed by atoms with Crippen molar-refractivity contribution < 1.29 is 9.18 Å². The van der Waals surface area contributed by atoms with Gasteiger partial charge in [-0.2, -0.15) is 0 Å². The number of hydrogen-bond donors (Lipinski definition) is 2. The van der Waals surface area contributed by atoms with Gasteiger partial charge in [0.25, 0.3) is 0 Å². The molecule has 0 aliphatic heterocycles. The third-order valence-corrected chi connectivity index (χ3v) is 2.24. The molecule has 14 heavy (non-hydrogen) atoms. The van der Waals surface area contributed by atoms with Crippen molar-refractivity contribution in [1.82, 2.24) is 0 Å². The molecule has 1 aromatic rings. The molecule has 0 saturated heterocycles. The zero-order valence-corrected chi connectivity index (χ0v) is 8.10. The molecule has 0 saturated carbocycles. The number of thioether (sulfide) groups is 1. The van der Waals surface area contributed by atoms with E-state index in [2.05, 4.69) is 0 Å². The molecule has 3 nitrogen and oxygen atoms in total. The maximum Gasteiger partial charge on any atom is 0.173 e. The van der Waals surface area contributed by atoms with Crippen molar-refractivity contribution in [2.75, 3.05) is 5.75 Å². The van der Waals surface area contributed by atoms with E-state index >= 15 is 0 Å². The van der Waals surface area contributed by atoms with E-state index in [4.69, 9.17) is 11.1 Å². The van der Waals surface area contributed by atoms with Gasteiger partial charge in [-0.1, -0.05) is 11.8 Å². The van der Waals surface area contributed by atoms with Crippen LogP contribution in [0.3, 0.4) is 0 Å². The lowest BCUT2D eigenvalue weighted by molar-refractivity contribution is 0.102. The highest BCUT2D eigenvalue weighted by Gasteiger charge is 2.06. The summed E-state index contributed by atoms with van der Waals surface area (Å²) in [5.41, 5.74) is 5.51. The standard InChI is InChI=1S/C9H9FN2OS/c10-7-3-1-6(2-4-7)8(13)5-14-9(11)12/h1-4H,5H2,(H3,11,12). The maximum atomic E-state index is 12.5. The molecule has 1 rings (SSSR count). The summed E-state index contributed by atoms with van der Waals surface area (Å²) in [6.07, 6.45) is 0. The summed E-state index contributed by atoms with van der Waals surface area (Å²) in [7, 11) is 0. The fourth-order valence-electron chi connectivity index (χ4n) is 0.862. The summed E-state index contributed by atoms with van der Waals surface area (Å²) >= 11 is 0.956. The van der Waals surface area contributed by atoms with Crippen LogP contribution in [-0.2, 0) is 0 Å². The number of Topliss-reactive ketones (excluding diaryl/α,β-unsaturated/α-hetero) is 1. The maximum absolute atomic E-state index is 12.5. The summed E-state index contributed by atoms with van der Waals surface area (Å²) < 4.78 is 12.5. The molecule has 0 fully saturated rings. The number of halogens is 1. The minimum atomic E-state index is -0.374. The normalized spacial score (nSPS) is 9.79. The van der Waals surface area contributed by atoms with Crippen LogP contribution in [0, 0.1) is 11.2 Å². The van der Waals surface area contributed by atoms with E-state index < -0.39 is 0 Å². The minimum Gasteiger partial charge on any atom is -0.379 e. The average Bonchev–Trinajstić information content (AvgIpc) is 2.15. The predicted octanol–water partition coefficient (Wildman–Crippen LogP) is 1.64. The molecule has 0 bridgehead atoms. The monoisotopic (exact) mass is 212 g/mol. The van der Waals surface area contributed by atoms with Gasteiger partial charge in [-0.05, 0) is 24.3 Å². The van der Waals surface area contributed by atoms with Gasteiger partial charge in [-0.3, -0.25) is 10.2 Å². The molecule has 74 valence electrons. The number of benzene rings is 1. The lowest BCUT2D eigenvalue weighted by Gasteiger charge is -1.99. The molecule has 3 N–H and O–H groups in total. The van der Waals surface area contributed by atoms with Crippen LogP contribution in [0.2, 0.25) is 0 Å². The van der Waals surface area contributed by atoms with Crippen molar-refractivity contribution >= 4 is 22.7 Å². The molecule has 1 aromatic carbocycles. The number of carbonyl (C=O) groups excluding carboxylic acids is 1. The van der Waals surface area contributed by atoms with Crippen LogP contribution in [0.15, 0.2) is 24.3 Å². The largest absolute Gasteiger partial charge is 0.379 e. The zero-order chi connectivity index (χ0) is 10.6. The average molecular weight is 212 g/mol. The van der Waals surface area contributed by atoms with Crippen molar-refractivity contribution in [1.29, 1.82) is 5.41 Å². The Bertz CT molecular complexity index is 350. The van der Waals surface area contributed by atoms with E-state index in [9.17, 15) is 9.18 Å². The second kappa shape index (κ2) is 4.76. The number of nitrogens with one attached hydrogen (secondary N) is 1. The second-order valence-electron chi connectivity index (χ2n) is 2.58. The molecule has 0 atom stereocenters. The van der Waals surface area contributed by atoms with E-state index in [1.165, 1.54) is 24.3 Å². The van der Waals surface area contributed by atoms with Crippen molar-refractivity contribution in [3.8, 4) is 0 Å². The molecular weight excluding hydrogens is 203 g/mol. The van der Waals surface area contributed by atoms with E-state index in [1.54, 1.807) is 0 Å². The molecule has 0 heterocycles. The van der Waals surface area contributed by atoms with Gasteiger partial charge in [0.15, 0.2) is 11.0 Å². The van der Waals surface area contributed by atoms with E-state index in [1.807, 2.05) is 0 Å². The quantitative estimate of drug-likeness (QED) is 0.454. The van der Waals surface area contributed by atoms with Crippen LogP contribution in [0.25, 0.3) is 0 Å². The Labute approximate surface area is 85.0 Å². The molecule has 0 radical (unpaired) electrons. The Morgan fingerprint density at radius 2 is 2.00 bits per heavy atom. The number of carbonyl (C=O) groups is 1. The minimum absolute atomic E-state index is 0.0968.